The maximum Gasteiger partial charge on any atom is 0.0541 e. The van der Waals surface area contributed by atoms with Gasteiger partial charge in [-0.3, -0.25) is 0 Å². The largest absolute Gasteiger partial charge is 0.309 e. The van der Waals surface area contributed by atoms with E-state index in [-0.39, 0.29) is 21.7 Å². The van der Waals surface area contributed by atoms with Crippen LogP contribution in [0.1, 0.15) is 122 Å². The van der Waals surface area contributed by atoms with Crippen molar-refractivity contribution in [2.24, 2.45) is 0 Å². The maximum absolute atomic E-state index is 2.53. The molecule has 0 N–H and O–H groups in total. The van der Waals surface area contributed by atoms with Gasteiger partial charge in [0.15, 0.2) is 0 Å². The molecular weight excluding hydrogens is 1010 g/mol. The smallest absolute Gasteiger partial charge is 0.0541 e. The van der Waals surface area contributed by atoms with Crippen molar-refractivity contribution in [1.82, 2.24) is 9.13 Å². The lowest BCUT2D eigenvalue weighted by Crippen LogP contribution is -2.17. The first-order chi connectivity index (χ1) is 40.6. The first kappa shape index (κ1) is 49.1. The van der Waals surface area contributed by atoms with Crippen LogP contribution in [0.5, 0.6) is 0 Å². The highest BCUT2D eigenvalue weighted by molar-refractivity contribution is 6.11. The molecule has 17 rings (SSSR count). The average molecular weight is 1080 g/mol. The predicted octanol–water partition coefficient (Wildman–Crippen LogP) is 21.4. The zero-order valence-electron chi connectivity index (χ0n) is 49.0. The lowest BCUT2D eigenvalue weighted by molar-refractivity contribution is 0.652. The van der Waals surface area contributed by atoms with Crippen LogP contribution >= 0.6 is 0 Å². The van der Waals surface area contributed by atoms with Crippen molar-refractivity contribution in [2.45, 2.75) is 77.0 Å². The lowest BCUT2D eigenvalue weighted by atomic mass is 9.79. The monoisotopic (exact) mass is 1080 g/mol. The minimum atomic E-state index is -0.159. The fraction of sp³-hybridized carbons (Fsp3) is 0.146. The van der Waals surface area contributed by atoms with Gasteiger partial charge in [0.05, 0.1) is 22.1 Å². The Morgan fingerprint density at radius 1 is 0.226 bits per heavy atom. The molecule has 2 heterocycles. The fourth-order valence-electron chi connectivity index (χ4n) is 16.0. The third kappa shape index (κ3) is 6.74. The first-order valence-electron chi connectivity index (χ1n) is 30.1. The van der Waals surface area contributed by atoms with Gasteiger partial charge in [-0.15, -0.1) is 0 Å². The summed E-state index contributed by atoms with van der Waals surface area (Å²) in [7, 11) is 0. The summed E-state index contributed by atoms with van der Waals surface area (Å²) in [6.07, 6.45) is 9.20. The molecule has 2 heteroatoms. The van der Waals surface area contributed by atoms with Crippen molar-refractivity contribution in [1.29, 1.82) is 0 Å². The number of hydrogen-bond acceptors (Lipinski definition) is 0. The molecule has 0 amide bonds. The van der Waals surface area contributed by atoms with Gasteiger partial charge < -0.3 is 9.13 Å². The van der Waals surface area contributed by atoms with Crippen molar-refractivity contribution in [3.8, 4) is 55.9 Å². The van der Waals surface area contributed by atoms with Crippen molar-refractivity contribution < 1.29 is 0 Å². The van der Waals surface area contributed by atoms with Gasteiger partial charge in [-0.05, 0) is 184 Å². The van der Waals surface area contributed by atoms with E-state index in [0.29, 0.717) is 0 Å². The van der Waals surface area contributed by atoms with Crippen molar-refractivity contribution >= 4 is 67.9 Å². The van der Waals surface area contributed by atoms with Gasteiger partial charge in [-0.25, -0.2) is 0 Å². The standard InChI is InChI=1S/C82H64N2/c1-79(2)67-21-13-9-17-55(67)57-37-33-53(45-71(57)79)83-75-23-15-11-19-61(75)65-41-49(31-39-77(65)83)25-27-51-29-35-59-63-47-74-64(48-73(63)81(5,6)69(59)43-51)60-36-30-52(44-70(60)82(74,7)8)28-26-50-32-40-78-66(42-50)62-20-12-16-24-76(62)84(78)54-34-38-58-56-18-10-14-22-68(56)80(3,4)72(58)46-54/h9-48H,1-8H3. The molecule has 0 fully saturated rings. The minimum absolute atomic E-state index is 0.0645. The van der Waals surface area contributed by atoms with E-state index in [1.54, 1.807) is 0 Å². The summed E-state index contributed by atoms with van der Waals surface area (Å²) in [6, 6.07) is 83.0. The van der Waals surface area contributed by atoms with E-state index in [4.69, 9.17) is 0 Å². The van der Waals surface area contributed by atoms with Gasteiger partial charge in [0.25, 0.3) is 0 Å². The van der Waals surface area contributed by atoms with Gasteiger partial charge in [0.1, 0.15) is 0 Å². The molecule has 0 spiro atoms. The first-order valence-corrected chi connectivity index (χ1v) is 30.1. The molecule has 0 radical (unpaired) electrons. The molecule has 4 aliphatic carbocycles. The predicted molar refractivity (Wildman–Crippen MR) is 356 cm³/mol. The summed E-state index contributed by atoms with van der Waals surface area (Å²) >= 11 is 0. The van der Waals surface area contributed by atoms with E-state index in [1.807, 2.05) is 0 Å². The van der Waals surface area contributed by atoms with Crippen LogP contribution < -0.4 is 0 Å². The molecule has 13 aromatic rings. The van der Waals surface area contributed by atoms with Gasteiger partial charge in [0, 0.05) is 54.6 Å². The van der Waals surface area contributed by atoms with Gasteiger partial charge in [-0.1, -0.05) is 225 Å². The Labute approximate surface area is 492 Å². The second-order valence-electron chi connectivity index (χ2n) is 26.5. The molecule has 11 aromatic carbocycles. The number of hydrogen-bond donors (Lipinski definition) is 0. The molecular formula is C82H64N2. The molecule has 4 aliphatic rings. The Hall–Kier alpha value is -9.50. The van der Waals surface area contributed by atoms with Crippen molar-refractivity contribution in [3.63, 3.8) is 0 Å². The topological polar surface area (TPSA) is 9.86 Å². The highest BCUT2D eigenvalue weighted by Crippen LogP contribution is 2.57. The Morgan fingerprint density at radius 3 is 0.964 bits per heavy atom. The number of fused-ring (bicyclic) bond motifs is 18. The highest BCUT2D eigenvalue weighted by atomic mass is 15.0. The van der Waals surface area contributed by atoms with E-state index in [9.17, 15) is 0 Å². The van der Waals surface area contributed by atoms with E-state index >= 15 is 0 Å². The fourth-order valence-corrected chi connectivity index (χ4v) is 16.0. The summed E-state index contributed by atoms with van der Waals surface area (Å²) in [5, 5.41) is 5.07. The Kier molecular flexibility index (Phi) is 9.98. The Morgan fingerprint density at radius 2 is 0.524 bits per heavy atom. The molecule has 2 aromatic heterocycles. The molecule has 2 nitrogen and oxygen atoms in total. The molecule has 0 unspecified atom stereocenters. The van der Waals surface area contributed by atoms with Crippen molar-refractivity contribution in [2.75, 3.05) is 0 Å². The zero-order valence-corrected chi connectivity index (χ0v) is 49.0. The molecule has 0 atom stereocenters. The number of para-hydroxylation sites is 2. The number of aromatic nitrogens is 2. The second kappa shape index (κ2) is 17.1. The van der Waals surface area contributed by atoms with E-state index in [0.717, 1.165) is 0 Å². The molecule has 0 saturated carbocycles. The summed E-state index contributed by atoms with van der Waals surface area (Å²) in [5.41, 5.74) is 33.7. The molecule has 0 aliphatic heterocycles. The minimum Gasteiger partial charge on any atom is -0.309 e. The van der Waals surface area contributed by atoms with Crippen LogP contribution in [0.2, 0.25) is 0 Å². The second-order valence-corrected chi connectivity index (χ2v) is 26.5. The van der Waals surface area contributed by atoms with Crippen LogP contribution in [-0.2, 0) is 21.7 Å². The highest BCUT2D eigenvalue weighted by Gasteiger charge is 2.42. The van der Waals surface area contributed by atoms with Gasteiger partial charge >= 0.3 is 0 Å². The summed E-state index contributed by atoms with van der Waals surface area (Å²) in [4.78, 5) is 0. The van der Waals surface area contributed by atoms with Crippen LogP contribution in [0.3, 0.4) is 0 Å². The van der Waals surface area contributed by atoms with Crippen LogP contribution in [0.25, 0.3) is 124 Å². The third-order valence-corrected chi connectivity index (χ3v) is 20.5. The zero-order chi connectivity index (χ0) is 56.8. The summed E-state index contributed by atoms with van der Waals surface area (Å²) in [5.74, 6) is 0. The molecule has 0 saturated heterocycles. The summed E-state index contributed by atoms with van der Waals surface area (Å²) in [6.45, 7) is 19.1. The van der Waals surface area contributed by atoms with Crippen LogP contribution in [-0.4, -0.2) is 9.13 Å². The number of rotatable bonds is 6. The maximum atomic E-state index is 2.53. The van der Waals surface area contributed by atoms with Gasteiger partial charge in [0.2, 0.25) is 0 Å². The van der Waals surface area contributed by atoms with Crippen LogP contribution in [0.4, 0.5) is 0 Å². The lowest BCUT2D eigenvalue weighted by Gasteiger charge is -2.24. The van der Waals surface area contributed by atoms with E-state index < -0.39 is 0 Å². The molecule has 402 valence electrons. The quantitative estimate of drug-likeness (QED) is 0.147. The number of nitrogens with zero attached hydrogens (tertiary/aromatic N) is 2. The van der Waals surface area contributed by atoms with Crippen molar-refractivity contribution in [3.05, 3.63) is 285 Å². The van der Waals surface area contributed by atoms with Crippen LogP contribution in [0.15, 0.2) is 218 Å². The van der Waals surface area contributed by atoms with E-state index in [2.05, 4.69) is 307 Å². The molecule has 84 heavy (non-hydrogen) atoms. The third-order valence-electron chi connectivity index (χ3n) is 20.5. The van der Waals surface area contributed by atoms with Gasteiger partial charge in [-0.2, -0.15) is 0 Å². The molecule has 0 bridgehead atoms. The Bertz CT molecular complexity index is 4810. The van der Waals surface area contributed by atoms with Crippen LogP contribution in [0, 0.1) is 0 Å². The normalized spacial score (nSPS) is 15.9. The SMILES string of the molecule is CC1(C)c2ccccc2-c2ccc(-n3c4ccccc4c4cc(C=Cc5ccc6c(c5)C(C)(C)c5cc7c(cc5-6)C(C)(C)c5cc(C=Cc6ccc8c(c6)c6ccccc6n8-c6ccc8c(c6)C(C)(C)c6ccccc6-8)ccc5-7)ccc43)cc21. The summed E-state index contributed by atoms with van der Waals surface area (Å²) < 4.78 is 4.92. The van der Waals surface area contributed by atoms with E-state index in [1.165, 1.54) is 166 Å². The number of benzene rings is 11. The average Bonchev–Trinajstić information content (AvgIpc) is 1.78. The Balaban J connectivity index is 0.650.